The Bertz CT molecular complexity index is 151. The number of hydrogen-bond acceptors (Lipinski definition) is 3. The summed E-state index contributed by atoms with van der Waals surface area (Å²) in [5, 5.41) is 8.29. The van der Waals surface area contributed by atoms with Gasteiger partial charge >= 0.3 is 5.97 Å². The van der Waals surface area contributed by atoms with Gasteiger partial charge in [-0.2, -0.15) is 0 Å². The summed E-state index contributed by atoms with van der Waals surface area (Å²) in [6.07, 6.45) is 0. The first-order valence-electron chi connectivity index (χ1n) is 2.48. The molecule has 0 unspecified atom stereocenters. The molecule has 0 amide bonds. The van der Waals surface area contributed by atoms with Gasteiger partial charge in [0, 0.05) is 12.2 Å². The van der Waals surface area contributed by atoms with Crippen molar-refractivity contribution in [1.82, 2.24) is 0 Å². The van der Waals surface area contributed by atoms with Crippen molar-refractivity contribution in [2.24, 2.45) is 11.5 Å². The second-order valence-electron chi connectivity index (χ2n) is 1.66. The lowest BCUT2D eigenvalue weighted by atomic mass is 10.2. The van der Waals surface area contributed by atoms with Gasteiger partial charge in [-0.1, -0.05) is 0 Å². The zero-order valence-electron chi connectivity index (χ0n) is 5.22. The van der Waals surface area contributed by atoms with E-state index < -0.39 is 5.97 Å². The van der Waals surface area contributed by atoms with Crippen LogP contribution in [-0.2, 0) is 4.79 Å². The molecule has 0 aromatic rings. The van der Waals surface area contributed by atoms with Crippen molar-refractivity contribution in [3.05, 3.63) is 11.3 Å². The number of carboxylic acid groups (broad SMARTS) is 1. The molecule has 0 rings (SSSR count). The van der Waals surface area contributed by atoms with Gasteiger partial charge in [0.1, 0.15) is 0 Å². The van der Waals surface area contributed by atoms with Crippen molar-refractivity contribution >= 4 is 5.97 Å². The Morgan fingerprint density at radius 3 is 2.22 bits per heavy atom. The fourth-order valence-electron chi connectivity index (χ4n) is 0.290. The maximum atomic E-state index is 10.1. The zero-order valence-corrected chi connectivity index (χ0v) is 5.22. The van der Waals surface area contributed by atoms with Crippen molar-refractivity contribution in [1.29, 1.82) is 0 Å². The molecule has 0 aliphatic carbocycles. The Balaban J connectivity index is 4.28. The molecule has 0 saturated heterocycles. The minimum absolute atomic E-state index is 0.0954. The van der Waals surface area contributed by atoms with E-state index in [-0.39, 0.29) is 17.8 Å². The highest BCUT2D eigenvalue weighted by atomic mass is 16.4. The Labute approximate surface area is 53.1 Å². The second-order valence-corrected chi connectivity index (χ2v) is 1.66. The summed E-state index contributed by atoms with van der Waals surface area (Å²) in [4.78, 5) is 10.1. The third-order valence-electron chi connectivity index (χ3n) is 1.02. The summed E-state index contributed by atoms with van der Waals surface area (Å²) in [5.41, 5.74) is 10.6. The number of carboxylic acids is 1. The van der Waals surface area contributed by atoms with Gasteiger partial charge in [0.2, 0.25) is 0 Å². The predicted molar refractivity (Wildman–Crippen MR) is 33.6 cm³/mol. The van der Waals surface area contributed by atoms with Gasteiger partial charge in [-0.15, -0.1) is 0 Å². The first-order valence-corrected chi connectivity index (χ1v) is 2.48. The van der Waals surface area contributed by atoms with Crippen molar-refractivity contribution in [3.8, 4) is 0 Å². The molecule has 0 aromatic heterocycles. The van der Waals surface area contributed by atoms with Crippen molar-refractivity contribution in [3.63, 3.8) is 0 Å². The number of aliphatic carboxylic acids is 1. The summed E-state index contributed by atoms with van der Waals surface area (Å²) in [7, 11) is 0. The Hall–Kier alpha value is -1.03. The molecule has 0 atom stereocenters. The van der Waals surface area contributed by atoms with E-state index in [1.54, 1.807) is 0 Å². The highest BCUT2D eigenvalue weighted by molar-refractivity contribution is 5.86. The maximum absolute atomic E-state index is 10.1. The van der Waals surface area contributed by atoms with E-state index in [1.807, 2.05) is 0 Å². The van der Waals surface area contributed by atoms with Crippen LogP contribution in [-0.4, -0.2) is 17.6 Å². The van der Waals surface area contributed by atoms with Crippen LogP contribution in [0.1, 0.15) is 6.92 Å². The molecule has 0 fully saturated rings. The smallest absolute Gasteiger partial charge is 0.333 e. The standard InChI is InChI=1S/C5H10N2O2/c1-3(5(8)9)4(7)2-6/h2,6-7H2,1H3,(H,8,9)/b4-3+. The fourth-order valence-corrected chi connectivity index (χ4v) is 0.290. The van der Waals surface area contributed by atoms with E-state index in [2.05, 4.69) is 0 Å². The van der Waals surface area contributed by atoms with E-state index in [4.69, 9.17) is 16.6 Å². The van der Waals surface area contributed by atoms with Crippen LogP contribution < -0.4 is 11.5 Å². The van der Waals surface area contributed by atoms with Crippen LogP contribution >= 0.6 is 0 Å². The number of carbonyl (C=O) groups is 1. The van der Waals surface area contributed by atoms with Crippen LogP contribution in [0.15, 0.2) is 11.3 Å². The van der Waals surface area contributed by atoms with Crippen LogP contribution in [0.5, 0.6) is 0 Å². The van der Waals surface area contributed by atoms with Crippen LogP contribution in [0.3, 0.4) is 0 Å². The Morgan fingerprint density at radius 2 is 2.11 bits per heavy atom. The molecule has 4 nitrogen and oxygen atoms in total. The monoisotopic (exact) mass is 130 g/mol. The quantitative estimate of drug-likeness (QED) is 0.429. The maximum Gasteiger partial charge on any atom is 0.333 e. The number of rotatable bonds is 2. The molecular weight excluding hydrogens is 120 g/mol. The van der Waals surface area contributed by atoms with E-state index in [0.29, 0.717) is 0 Å². The first kappa shape index (κ1) is 7.97. The minimum atomic E-state index is -1.02. The molecule has 0 spiro atoms. The highest BCUT2D eigenvalue weighted by Gasteiger charge is 2.02. The van der Waals surface area contributed by atoms with Gasteiger partial charge in [0.25, 0.3) is 0 Å². The largest absolute Gasteiger partial charge is 0.478 e. The topological polar surface area (TPSA) is 89.3 Å². The molecule has 52 valence electrons. The molecule has 0 aliphatic rings. The van der Waals surface area contributed by atoms with Gasteiger partial charge in [-0.3, -0.25) is 0 Å². The lowest BCUT2D eigenvalue weighted by molar-refractivity contribution is -0.132. The summed E-state index contributed by atoms with van der Waals surface area (Å²) >= 11 is 0. The van der Waals surface area contributed by atoms with Crippen LogP contribution in [0.25, 0.3) is 0 Å². The van der Waals surface area contributed by atoms with Gasteiger partial charge in [0.05, 0.1) is 5.57 Å². The van der Waals surface area contributed by atoms with E-state index >= 15 is 0 Å². The third-order valence-corrected chi connectivity index (χ3v) is 1.02. The highest BCUT2D eigenvalue weighted by Crippen LogP contribution is 1.94. The second kappa shape index (κ2) is 3.09. The lowest BCUT2D eigenvalue weighted by Crippen LogP contribution is -2.16. The van der Waals surface area contributed by atoms with Crippen LogP contribution in [0.2, 0.25) is 0 Å². The summed E-state index contributed by atoms with van der Waals surface area (Å²) in [6, 6.07) is 0. The SMILES string of the molecule is C/C(C(=O)O)=C(\N)CN. The molecule has 4 heteroatoms. The average molecular weight is 130 g/mol. The molecule has 5 N–H and O–H groups in total. The van der Waals surface area contributed by atoms with E-state index in [1.165, 1.54) is 6.92 Å². The molecular formula is C5H10N2O2. The van der Waals surface area contributed by atoms with Gasteiger partial charge in [-0.25, -0.2) is 4.79 Å². The third kappa shape index (κ3) is 2.14. The van der Waals surface area contributed by atoms with Gasteiger partial charge in [-0.05, 0) is 6.92 Å². The predicted octanol–water partition coefficient (Wildman–Crippen LogP) is -0.738. The number of nitrogens with two attached hydrogens (primary N) is 2. The normalized spacial score (nSPS) is 12.7. The van der Waals surface area contributed by atoms with Gasteiger partial charge in [0.15, 0.2) is 0 Å². The minimum Gasteiger partial charge on any atom is -0.478 e. The van der Waals surface area contributed by atoms with Crippen LogP contribution in [0.4, 0.5) is 0 Å². The Kier molecular flexibility index (Phi) is 2.73. The Morgan fingerprint density at radius 1 is 1.67 bits per heavy atom. The van der Waals surface area contributed by atoms with Gasteiger partial charge < -0.3 is 16.6 Å². The first-order chi connectivity index (χ1) is 4.09. The molecule has 0 saturated carbocycles. The molecule has 9 heavy (non-hydrogen) atoms. The van der Waals surface area contributed by atoms with Crippen molar-refractivity contribution < 1.29 is 9.90 Å². The molecule has 0 radical (unpaired) electrons. The summed E-state index contributed by atoms with van der Waals surface area (Å²) < 4.78 is 0. The zero-order chi connectivity index (χ0) is 7.44. The van der Waals surface area contributed by atoms with Crippen LogP contribution in [0, 0.1) is 0 Å². The van der Waals surface area contributed by atoms with Crippen molar-refractivity contribution in [2.75, 3.05) is 6.54 Å². The fraction of sp³-hybridized carbons (Fsp3) is 0.400. The number of hydrogen-bond donors (Lipinski definition) is 3. The molecule has 0 heterocycles. The summed E-state index contributed by atoms with van der Waals surface area (Å²) in [6.45, 7) is 1.52. The lowest BCUT2D eigenvalue weighted by Gasteiger charge is -1.97. The van der Waals surface area contributed by atoms with Crippen molar-refractivity contribution in [2.45, 2.75) is 6.92 Å². The molecule has 0 aromatic carbocycles. The summed E-state index contributed by atoms with van der Waals surface area (Å²) in [5.74, 6) is -1.02. The molecule has 0 bridgehead atoms. The van der Waals surface area contributed by atoms with E-state index in [0.717, 1.165) is 0 Å². The average Bonchev–Trinajstić information content (AvgIpc) is 1.84. The van der Waals surface area contributed by atoms with E-state index in [9.17, 15) is 4.79 Å². The molecule has 0 aliphatic heterocycles.